The molecule has 106 valence electrons. The van der Waals surface area contributed by atoms with Crippen molar-refractivity contribution in [1.82, 2.24) is 5.32 Å². The molecule has 0 radical (unpaired) electrons. The Morgan fingerprint density at radius 1 is 1.20 bits per heavy atom. The highest BCUT2D eigenvalue weighted by Crippen LogP contribution is 2.30. The number of hydrogen-bond donors (Lipinski definition) is 1. The first kappa shape index (κ1) is 15.3. The molecule has 0 heterocycles. The van der Waals surface area contributed by atoms with Gasteiger partial charge in [-0.15, -0.1) is 11.8 Å². The van der Waals surface area contributed by atoms with Gasteiger partial charge in [0.25, 0.3) is 0 Å². The van der Waals surface area contributed by atoms with Crippen LogP contribution in [-0.2, 0) is 0 Å². The van der Waals surface area contributed by atoms with E-state index in [1.807, 2.05) is 0 Å². The fourth-order valence-corrected chi connectivity index (χ4v) is 3.17. The number of nitrogens with one attached hydrogen (secondary N) is 1. The molecule has 0 aromatic heterocycles. The molecule has 0 aliphatic carbocycles. The molecular formula is C15H14ClF2NS. The maximum atomic E-state index is 13.6. The lowest BCUT2D eigenvalue weighted by atomic mass is 10.1. The van der Waals surface area contributed by atoms with Crippen LogP contribution in [0.3, 0.4) is 0 Å². The second-order valence-electron chi connectivity index (χ2n) is 4.25. The second kappa shape index (κ2) is 7.07. The Labute approximate surface area is 126 Å². The Hall–Kier alpha value is -1.10. The zero-order valence-electron chi connectivity index (χ0n) is 10.9. The van der Waals surface area contributed by atoms with Gasteiger partial charge in [-0.2, -0.15) is 0 Å². The monoisotopic (exact) mass is 313 g/mol. The topological polar surface area (TPSA) is 12.0 Å². The Bertz CT molecular complexity index is 592. The summed E-state index contributed by atoms with van der Waals surface area (Å²) >= 11 is 7.46. The summed E-state index contributed by atoms with van der Waals surface area (Å²) in [6.45, 7) is 0. The summed E-state index contributed by atoms with van der Waals surface area (Å²) < 4.78 is 26.9. The van der Waals surface area contributed by atoms with Gasteiger partial charge in [-0.25, -0.2) is 8.78 Å². The first-order chi connectivity index (χ1) is 9.61. The van der Waals surface area contributed by atoms with E-state index in [1.165, 1.54) is 36.0 Å². The highest BCUT2D eigenvalue weighted by molar-refractivity contribution is 7.99. The van der Waals surface area contributed by atoms with Crippen LogP contribution in [0.1, 0.15) is 11.6 Å². The Kier molecular flexibility index (Phi) is 5.40. The van der Waals surface area contributed by atoms with Crippen LogP contribution in [0.5, 0.6) is 0 Å². The SMILES string of the molecule is CNC(CSc1ccccc1F)c1cc(F)ccc1Cl. The van der Waals surface area contributed by atoms with Crippen LogP contribution < -0.4 is 5.32 Å². The fourth-order valence-electron chi connectivity index (χ4n) is 1.85. The second-order valence-corrected chi connectivity index (χ2v) is 5.72. The predicted molar refractivity (Wildman–Crippen MR) is 80.3 cm³/mol. The van der Waals surface area contributed by atoms with Gasteiger partial charge in [-0.05, 0) is 42.9 Å². The van der Waals surface area contributed by atoms with E-state index in [9.17, 15) is 8.78 Å². The van der Waals surface area contributed by atoms with E-state index in [0.717, 1.165) is 0 Å². The lowest BCUT2D eigenvalue weighted by Gasteiger charge is -2.18. The van der Waals surface area contributed by atoms with Crippen molar-refractivity contribution in [3.05, 3.63) is 64.7 Å². The van der Waals surface area contributed by atoms with E-state index in [0.29, 0.717) is 21.2 Å². The first-order valence-electron chi connectivity index (χ1n) is 6.11. The van der Waals surface area contributed by atoms with Crippen molar-refractivity contribution in [2.75, 3.05) is 12.8 Å². The van der Waals surface area contributed by atoms with Crippen LogP contribution in [-0.4, -0.2) is 12.8 Å². The minimum absolute atomic E-state index is 0.150. The van der Waals surface area contributed by atoms with Crippen molar-refractivity contribution in [3.8, 4) is 0 Å². The van der Waals surface area contributed by atoms with Crippen LogP contribution in [0.4, 0.5) is 8.78 Å². The molecule has 20 heavy (non-hydrogen) atoms. The van der Waals surface area contributed by atoms with Gasteiger partial charge >= 0.3 is 0 Å². The molecule has 1 atom stereocenters. The van der Waals surface area contributed by atoms with Crippen molar-refractivity contribution in [2.24, 2.45) is 0 Å². The number of halogens is 3. The van der Waals surface area contributed by atoms with Gasteiger partial charge in [0.1, 0.15) is 11.6 Å². The standard InChI is InChI=1S/C15H14ClF2NS/c1-19-14(11-8-10(17)6-7-12(11)16)9-20-15-5-3-2-4-13(15)18/h2-8,14,19H,9H2,1H3. The normalized spacial score (nSPS) is 12.4. The van der Waals surface area contributed by atoms with Crippen molar-refractivity contribution in [2.45, 2.75) is 10.9 Å². The molecule has 0 saturated heterocycles. The largest absolute Gasteiger partial charge is 0.312 e. The fraction of sp³-hybridized carbons (Fsp3) is 0.200. The van der Waals surface area contributed by atoms with Crippen molar-refractivity contribution >= 4 is 23.4 Å². The molecule has 0 aliphatic heterocycles. The molecule has 0 saturated carbocycles. The minimum atomic E-state index is -0.333. The molecule has 0 spiro atoms. The van der Waals surface area contributed by atoms with Crippen molar-refractivity contribution < 1.29 is 8.78 Å². The van der Waals surface area contributed by atoms with Gasteiger partial charge in [-0.3, -0.25) is 0 Å². The molecule has 5 heteroatoms. The highest BCUT2D eigenvalue weighted by atomic mass is 35.5. The summed E-state index contributed by atoms with van der Waals surface area (Å²) in [4.78, 5) is 0.570. The van der Waals surface area contributed by atoms with Gasteiger partial charge in [0.05, 0.1) is 0 Å². The molecule has 0 amide bonds. The number of thioether (sulfide) groups is 1. The molecule has 1 nitrogen and oxygen atoms in total. The third-order valence-electron chi connectivity index (χ3n) is 2.92. The maximum absolute atomic E-state index is 13.6. The molecule has 0 fully saturated rings. The first-order valence-corrected chi connectivity index (χ1v) is 7.47. The third-order valence-corrected chi connectivity index (χ3v) is 4.41. The number of rotatable bonds is 5. The Balaban J connectivity index is 2.13. The summed E-state index contributed by atoms with van der Waals surface area (Å²) in [6.07, 6.45) is 0. The van der Waals surface area contributed by atoms with E-state index in [4.69, 9.17) is 11.6 Å². The molecule has 1 N–H and O–H groups in total. The zero-order valence-corrected chi connectivity index (χ0v) is 12.4. The quantitative estimate of drug-likeness (QED) is 0.805. The van der Waals surface area contributed by atoms with E-state index >= 15 is 0 Å². The van der Waals surface area contributed by atoms with E-state index in [-0.39, 0.29) is 17.7 Å². The predicted octanol–water partition coefficient (Wildman–Crippen LogP) is 4.67. The maximum Gasteiger partial charge on any atom is 0.136 e. The summed E-state index contributed by atoms with van der Waals surface area (Å²) in [7, 11) is 1.77. The van der Waals surface area contributed by atoms with Crippen LogP contribution in [0.2, 0.25) is 5.02 Å². The molecule has 1 unspecified atom stereocenters. The van der Waals surface area contributed by atoms with E-state index < -0.39 is 0 Å². The molecule has 2 rings (SSSR count). The van der Waals surface area contributed by atoms with Crippen molar-refractivity contribution in [1.29, 1.82) is 0 Å². The molecule has 2 aromatic rings. The van der Waals surface area contributed by atoms with Gasteiger partial charge in [0.15, 0.2) is 0 Å². The lowest BCUT2D eigenvalue weighted by molar-refractivity contribution is 0.599. The Morgan fingerprint density at radius 3 is 2.65 bits per heavy atom. The zero-order chi connectivity index (χ0) is 14.5. The van der Waals surface area contributed by atoms with Gasteiger partial charge in [0, 0.05) is 21.7 Å². The lowest BCUT2D eigenvalue weighted by Crippen LogP contribution is -2.19. The average Bonchev–Trinajstić information content (AvgIpc) is 2.45. The number of benzene rings is 2. The van der Waals surface area contributed by atoms with Crippen LogP contribution in [0, 0.1) is 11.6 Å². The Morgan fingerprint density at radius 2 is 1.95 bits per heavy atom. The minimum Gasteiger partial charge on any atom is -0.312 e. The summed E-state index contributed by atoms with van der Waals surface area (Å²) in [5, 5.41) is 3.58. The van der Waals surface area contributed by atoms with Crippen molar-refractivity contribution in [3.63, 3.8) is 0 Å². The molecule has 0 bridgehead atoms. The van der Waals surface area contributed by atoms with E-state index in [1.54, 1.807) is 25.2 Å². The van der Waals surface area contributed by atoms with Crippen LogP contribution >= 0.6 is 23.4 Å². The smallest absolute Gasteiger partial charge is 0.136 e. The molecule has 0 aliphatic rings. The summed E-state index contributed by atoms with van der Waals surface area (Å²) in [5.41, 5.74) is 0.679. The van der Waals surface area contributed by atoms with Gasteiger partial charge < -0.3 is 5.32 Å². The van der Waals surface area contributed by atoms with Gasteiger partial charge in [-0.1, -0.05) is 23.7 Å². The van der Waals surface area contributed by atoms with Crippen LogP contribution in [0.25, 0.3) is 0 Å². The van der Waals surface area contributed by atoms with Gasteiger partial charge in [0.2, 0.25) is 0 Å². The third kappa shape index (κ3) is 3.72. The van der Waals surface area contributed by atoms with Crippen LogP contribution in [0.15, 0.2) is 47.4 Å². The van der Waals surface area contributed by atoms with E-state index in [2.05, 4.69) is 5.32 Å². The molecule has 2 aromatic carbocycles. The average molecular weight is 314 g/mol. The summed E-state index contributed by atoms with van der Waals surface area (Å²) in [6, 6.07) is 10.7. The highest BCUT2D eigenvalue weighted by Gasteiger charge is 2.15. The molecular weight excluding hydrogens is 300 g/mol. The number of hydrogen-bond acceptors (Lipinski definition) is 2. The summed E-state index contributed by atoms with van der Waals surface area (Å²) in [5.74, 6) is -0.0288.